The number of carbonyl (C=O) groups is 2. The molecule has 12 heavy (non-hydrogen) atoms. The molecule has 1 aliphatic heterocycles. The van der Waals surface area contributed by atoms with E-state index in [1.807, 2.05) is 0 Å². The highest BCUT2D eigenvalue weighted by molar-refractivity contribution is 6.41. The first-order valence-corrected chi connectivity index (χ1v) is 3.62. The third kappa shape index (κ3) is 2.05. The molecule has 1 N–H and O–H groups in total. The van der Waals surface area contributed by atoms with E-state index in [9.17, 15) is 9.59 Å². The van der Waals surface area contributed by atoms with Crippen LogP contribution < -0.4 is 5.32 Å². The Morgan fingerprint density at radius 2 is 2.50 bits per heavy atom. The molecule has 0 radical (unpaired) electrons. The maximum atomic E-state index is 11.0. The van der Waals surface area contributed by atoms with Crippen molar-refractivity contribution < 1.29 is 14.3 Å². The van der Waals surface area contributed by atoms with Crippen molar-refractivity contribution >= 4 is 17.6 Å². The van der Waals surface area contributed by atoms with Gasteiger partial charge in [-0.1, -0.05) is 0 Å². The summed E-state index contributed by atoms with van der Waals surface area (Å²) in [5, 5.41) is 2.58. The molecule has 5 heteroatoms. The summed E-state index contributed by atoms with van der Waals surface area (Å²) in [6, 6.07) is 0. The smallest absolute Gasteiger partial charge is 0.311 e. The summed E-state index contributed by atoms with van der Waals surface area (Å²) in [4.78, 5) is 25.6. The summed E-state index contributed by atoms with van der Waals surface area (Å²) in [5.74, 6) is -0.711. The van der Waals surface area contributed by atoms with E-state index in [-0.39, 0.29) is 18.0 Å². The standard InChI is InChI=1S/C7H10N2O3/c1-12-6(10)4-5-7(11)9-3-2-8-5/h2-4H2,1H3,(H,9,11). The third-order valence-corrected chi connectivity index (χ3v) is 1.50. The van der Waals surface area contributed by atoms with Crippen LogP contribution in [0.15, 0.2) is 4.99 Å². The van der Waals surface area contributed by atoms with Crippen LogP contribution in [0.3, 0.4) is 0 Å². The first kappa shape index (κ1) is 8.70. The highest BCUT2D eigenvalue weighted by Crippen LogP contribution is 1.94. The number of methoxy groups -OCH3 is 1. The van der Waals surface area contributed by atoms with Crippen LogP contribution in [-0.2, 0) is 14.3 Å². The molecule has 0 aromatic carbocycles. The summed E-state index contributed by atoms with van der Waals surface area (Å²) in [5.41, 5.74) is 0.258. The second-order valence-corrected chi connectivity index (χ2v) is 2.34. The quantitative estimate of drug-likeness (QED) is 0.547. The van der Waals surface area contributed by atoms with E-state index in [1.54, 1.807) is 0 Å². The highest BCUT2D eigenvalue weighted by atomic mass is 16.5. The van der Waals surface area contributed by atoms with E-state index < -0.39 is 5.97 Å². The molecule has 1 aliphatic rings. The maximum absolute atomic E-state index is 11.0. The molecule has 0 saturated carbocycles. The fraction of sp³-hybridized carbons (Fsp3) is 0.571. The van der Waals surface area contributed by atoms with Gasteiger partial charge >= 0.3 is 5.97 Å². The summed E-state index contributed by atoms with van der Waals surface area (Å²) in [7, 11) is 1.28. The Morgan fingerprint density at radius 1 is 1.75 bits per heavy atom. The van der Waals surface area contributed by atoms with Crippen molar-refractivity contribution in [2.75, 3.05) is 20.2 Å². The Bertz CT molecular complexity index is 235. The minimum absolute atomic E-state index is 0.0394. The number of hydrogen-bond acceptors (Lipinski definition) is 4. The molecule has 0 atom stereocenters. The summed E-state index contributed by atoms with van der Waals surface area (Å²) in [6.07, 6.45) is -0.0394. The van der Waals surface area contributed by atoms with Crippen LogP contribution in [0, 0.1) is 0 Å². The van der Waals surface area contributed by atoms with Crippen molar-refractivity contribution in [1.82, 2.24) is 5.32 Å². The van der Waals surface area contributed by atoms with E-state index in [0.29, 0.717) is 13.1 Å². The number of nitrogens with one attached hydrogen (secondary N) is 1. The van der Waals surface area contributed by atoms with Crippen LogP contribution in [0.4, 0.5) is 0 Å². The van der Waals surface area contributed by atoms with E-state index in [2.05, 4.69) is 15.0 Å². The second-order valence-electron chi connectivity index (χ2n) is 2.34. The van der Waals surface area contributed by atoms with Crippen LogP contribution >= 0.6 is 0 Å². The average molecular weight is 170 g/mol. The predicted octanol–water partition coefficient (Wildman–Crippen LogP) is -0.880. The molecule has 66 valence electrons. The maximum Gasteiger partial charge on any atom is 0.311 e. The van der Waals surface area contributed by atoms with Gasteiger partial charge in [0.15, 0.2) is 0 Å². The normalized spacial score (nSPS) is 16.4. The van der Waals surface area contributed by atoms with Crippen LogP contribution in [-0.4, -0.2) is 37.8 Å². The number of rotatable bonds is 2. The topological polar surface area (TPSA) is 67.8 Å². The van der Waals surface area contributed by atoms with Crippen LogP contribution in [0.25, 0.3) is 0 Å². The van der Waals surface area contributed by atoms with E-state index in [4.69, 9.17) is 0 Å². The van der Waals surface area contributed by atoms with E-state index in [1.165, 1.54) is 7.11 Å². The van der Waals surface area contributed by atoms with Gasteiger partial charge in [-0.05, 0) is 0 Å². The van der Waals surface area contributed by atoms with Gasteiger partial charge in [0, 0.05) is 6.54 Å². The molecule has 1 amide bonds. The van der Waals surface area contributed by atoms with Gasteiger partial charge in [-0.15, -0.1) is 0 Å². The molecule has 1 rings (SSSR count). The zero-order valence-corrected chi connectivity index (χ0v) is 6.79. The van der Waals surface area contributed by atoms with Crippen molar-refractivity contribution in [2.24, 2.45) is 4.99 Å². The summed E-state index contributed by atoms with van der Waals surface area (Å²) < 4.78 is 4.40. The van der Waals surface area contributed by atoms with Gasteiger partial charge in [0.25, 0.3) is 5.91 Å². The fourth-order valence-corrected chi connectivity index (χ4v) is 0.879. The molecule has 0 saturated heterocycles. The first-order chi connectivity index (χ1) is 5.74. The lowest BCUT2D eigenvalue weighted by atomic mass is 10.2. The van der Waals surface area contributed by atoms with Gasteiger partial charge in [0.05, 0.1) is 20.1 Å². The molecule has 0 unspecified atom stereocenters. The fourth-order valence-electron chi connectivity index (χ4n) is 0.879. The van der Waals surface area contributed by atoms with Crippen molar-refractivity contribution in [3.05, 3.63) is 0 Å². The van der Waals surface area contributed by atoms with Crippen LogP contribution in [0.1, 0.15) is 6.42 Å². The molecule has 0 aliphatic carbocycles. The third-order valence-electron chi connectivity index (χ3n) is 1.50. The first-order valence-electron chi connectivity index (χ1n) is 3.62. The highest BCUT2D eigenvalue weighted by Gasteiger charge is 2.17. The lowest BCUT2D eigenvalue weighted by Gasteiger charge is -2.11. The molecule has 1 heterocycles. The molecule has 0 bridgehead atoms. The Kier molecular flexibility index (Phi) is 2.79. The zero-order chi connectivity index (χ0) is 8.97. The van der Waals surface area contributed by atoms with Gasteiger partial charge in [0.1, 0.15) is 5.71 Å². The number of aliphatic imine (C=N–C) groups is 1. The van der Waals surface area contributed by atoms with Crippen LogP contribution in [0.2, 0.25) is 0 Å². The Labute approximate surface area is 69.8 Å². The number of amides is 1. The number of nitrogens with zero attached hydrogens (tertiary/aromatic N) is 1. The van der Waals surface area contributed by atoms with Gasteiger partial charge < -0.3 is 10.1 Å². The number of carbonyl (C=O) groups excluding carboxylic acids is 2. The number of hydrogen-bond donors (Lipinski definition) is 1. The SMILES string of the molecule is COC(=O)CC1=NCCNC1=O. The lowest BCUT2D eigenvalue weighted by Crippen LogP contribution is -2.38. The monoisotopic (exact) mass is 170 g/mol. The number of ether oxygens (including phenoxy) is 1. The average Bonchev–Trinajstić information content (AvgIpc) is 2.09. The molecule has 0 aromatic heterocycles. The van der Waals surface area contributed by atoms with Gasteiger partial charge in [0.2, 0.25) is 0 Å². The summed E-state index contributed by atoms with van der Waals surface area (Å²) in [6.45, 7) is 1.08. The minimum atomic E-state index is -0.439. The molecule has 5 nitrogen and oxygen atoms in total. The molecular formula is C7H10N2O3. The number of esters is 1. The second kappa shape index (κ2) is 3.85. The van der Waals surface area contributed by atoms with Gasteiger partial charge in [-0.2, -0.15) is 0 Å². The molecule has 0 aromatic rings. The minimum Gasteiger partial charge on any atom is -0.469 e. The van der Waals surface area contributed by atoms with Crippen molar-refractivity contribution in [1.29, 1.82) is 0 Å². The van der Waals surface area contributed by atoms with Gasteiger partial charge in [-0.3, -0.25) is 14.6 Å². The predicted molar refractivity (Wildman–Crippen MR) is 41.9 cm³/mol. The molecule has 0 spiro atoms. The lowest BCUT2D eigenvalue weighted by molar-refractivity contribution is -0.139. The Balaban J connectivity index is 2.55. The van der Waals surface area contributed by atoms with E-state index >= 15 is 0 Å². The van der Waals surface area contributed by atoms with E-state index in [0.717, 1.165) is 0 Å². The summed E-state index contributed by atoms with van der Waals surface area (Å²) >= 11 is 0. The van der Waals surface area contributed by atoms with Crippen molar-refractivity contribution in [2.45, 2.75) is 6.42 Å². The largest absolute Gasteiger partial charge is 0.469 e. The Morgan fingerprint density at radius 3 is 3.08 bits per heavy atom. The van der Waals surface area contributed by atoms with Crippen LogP contribution in [0.5, 0.6) is 0 Å². The van der Waals surface area contributed by atoms with Gasteiger partial charge in [-0.25, -0.2) is 0 Å². The van der Waals surface area contributed by atoms with Crippen molar-refractivity contribution in [3.8, 4) is 0 Å². The van der Waals surface area contributed by atoms with Crippen molar-refractivity contribution in [3.63, 3.8) is 0 Å². The zero-order valence-electron chi connectivity index (χ0n) is 6.79. The molecular weight excluding hydrogens is 160 g/mol. The molecule has 0 fully saturated rings. The Hall–Kier alpha value is -1.39.